The molecule has 21 heavy (non-hydrogen) atoms. The van der Waals surface area contributed by atoms with Crippen LogP contribution in [-0.4, -0.2) is 35.4 Å². The SMILES string of the molecule is CC(NCC1CSCCS1)c1ccc(OC(F)(F)F)cc1. The van der Waals surface area contributed by atoms with Crippen molar-refractivity contribution in [1.29, 1.82) is 0 Å². The van der Waals surface area contributed by atoms with Crippen molar-refractivity contribution in [2.45, 2.75) is 24.6 Å². The number of nitrogens with one attached hydrogen (secondary N) is 1. The molecular weight excluding hydrogens is 319 g/mol. The van der Waals surface area contributed by atoms with Crippen molar-refractivity contribution in [2.24, 2.45) is 0 Å². The predicted molar refractivity (Wildman–Crippen MR) is 83.1 cm³/mol. The summed E-state index contributed by atoms with van der Waals surface area (Å²) in [7, 11) is 0. The van der Waals surface area contributed by atoms with Gasteiger partial charge in [0, 0.05) is 35.1 Å². The second kappa shape index (κ2) is 7.65. The van der Waals surface area contributed by atoms with Crippen LogP contribution in [-0.2, 0) is 0 Å². The zero-order valence-electron chi connectivity index (χ0n) is 11.7. The summed E-state index contributed by atoms with van der Waals surface area (Å²) in [4.78, 5) is 0. The largest absolute Gasteiger partial charge is 0.573 e. The lowest BCUT2D eigenvalue weighted by molar-refractivity contribution is -0.274. The van der Waals surface area contributed by atoms with Crippen LogP contribution in [0.15, 0.2) is 24.3 Å². The third kappa shape index (κ3) is 6.00. The minimum Gasteiger partial charge on any atom is -0.406 e. The molecule has 118 valence electrons. The molecule has 0 aliphatic carbocycles. The Labute approximate surface area is 131 Å². The van der Waals surface area contributed by atoms with Crippen molar-refractivity contribution in [3.63, 3.8) is 0 Å². The summed E-state index contributed by atoms with van der Waals surface area (Å²) in [6.45, 7) is 2.93. The van der Waals surface area contributed by atoms with Crippen LogP contribution in [0.1, 0.15) is 18.5 Å². The van der Waals surface area contributed by atoms with Gasteiger partial charge in [0.2, 0.25) is 0 Å². The molecular formula is C14H18F3NOS2. The minimum atomic E-state index is -4.64. The molecule has 1 aromatic carbocycles. The van der Waals surface area contributed by atoms with Crippen LogP contribution in [0.4, 0.5) is 13.2 Å². The van der Waals surface area contributed by atoms with Gasteiger partial charge in [0.25, 0.3) is 0 Å². The number of alkyl halides is 3. The molecule has 7 heteroatoms. The van der Waals surface area contributed by atoms with Gasteiger partial charge in [-0.2, -0.15) is 23.5 Å². The summed E-state index contributed by atoms with van der Waals surface area (Å²) in [6, 6.07) is 6.15. The highest BCUT2D eigenvalue weighted by Crippen LogP contribution is 2.26. The van der Waals surface area contributed by atoms with E-state index >= 15 is 0 Å². The normalized spacial score (nSPS) is 21.0. The molecule has 0 radical (unpaired) electrons. The highest BCUT2D eigenvalue weighted by Gasteiger charge is 2.31. The number of halogens is 3. The van der Waals surface area contributed by atoms with Crippen LogP contribution in [0.2, 0.25) is 0 Å². The maximum absolute atomic E-state index is 12.1. The molecule has 1 fully saturated rings. The second-order valence-electron chi connectivity index (χ2n) is 4.81. The molecule has 1 N–H and O–H groups in total. The molecule has 0 bridgehead atoms. The summed E-state index contributed by atoms with van der Waals surface area (Å²) >= 11 is 3.95. The number of benzene rings is 1. The average Bonchev–Trinajstić information content (AvgIpc) is 2.45. The molecule has 0 spiro atoms. The smallest absolute Gasteiger partial charge is 0.406 e. The van der Waals surface area contributed by atoms with E-state index in [2.05, 4.69) is 10.1 Å². The fourth-order valence-electron chi connectivity index (χ4n) is 2.04. The quantitative estimate of drug-likeness (QED) is 0.873. The van der Waals surface area contributed by atoms with Crippen LogP contribution in [0.5, 0.6) is 5.75 Å². The van der Waals surface area contributed by atoms with Crippen molar-refractivity contribution >= 4 is 23.5 Å². The first-order chi connectivity index (χ1) is 9.94. The number of hydrogen-bond donors (Lipinski definition) is 1. The van der Waals surface area contributed by atoms with Crippen LogP contribution >= 0.6 is 23.5 Å². The molecule has 0 amide bonds. The zero-order valence-corrected chi connectivity index (χ0v) is 13.3. The zero-order chi connectivity index (χ0) is 15.3. The highest BCUT2D eigenvalue weighted by molar-refractivity contribution is 8.06. The van der Waals surface area contributed by atoms with E-state index < -0.39 is 6.36 Å². The molecule has 1 saturated heterocycles. The van der Waals surface area contributed by atoms with E-state index in [1.165, 1.54) is 23.6 Å². The third-order valence-corrected chi connectivity index (χ3v) is 6.00. The first-order valence-electron chi connectivity index (χ1n) is 6.72. The Morgan fingerprint density at radius 2 is 2.00 bits per heavy atom. The number of hydrogen-bond acceptors (Lipinski definition) is 4. The van der Waals surface area contributed by atoms with Crippen LogP contribution in [0.3, 0.4) is 0 Å². The van der Waals surface area contributed by atoms with Crippen LogP contribution < -0.4 is 10.1 Å². The van der Waals surface area contributed by atoms with Crippen molar-refractivity contribution in [1.82, 2.24) is 5.32 Å². The predicted octanol–water partition coefficient (Wildman–Crippen LogP) is 4.08. The molecule has 2 rings (SSSR count). The van der Waals surface area contributed by atoms with Crippen molar-refractivity contribution in [2.75, 3.05) is 23.8 Å². The molecule has 1 heterocycles. The fourth-order valence-corrected chi connectivity index (χ4v) is 4.66. The Morgan fingerprint density at radius 3 is 2.57 bits per heavy atom. The van der Waals surface area contributed by atoms with Crippen molar-refractivity contribution in [3.05, 3.63) is 29.8 Å². The first-order valence-corrected chi connectivity index (χ1v) is 8.93. The summed E-state index contributed by atoms with van der Waals surface area (Å²) in [6.07, 6.45) is -4.64. The Hall–Kier alpha value is -0.530. The molecule has 2 unspecified atom stereocenters. The van der Waals surface area contributed by atoms with Gasteiger partial charge in [-0.25, -0.2) is 0 Å². The maximum atomic E-state index is 12.1. The number of thioether (sulfide) groups is 2. The van der Waals surface area contributed by atoms with Gasteiger partial charge in [-0.3, -0.25) is 0 Å². The van der Waals surface area contributed by atoms with Gasteiger partial charge in [0.1, 0.15) is 5.75 Å². The summed E-state index contributed by atoms with van der Waals surface area (Å²) in [5, 5.41) is 4.05. The van der Waals surface area contributed by atoms with E-state index in [4.69, 9.17) is 0 Å². The molecule has 1 aliphatic heterocycles. The molecule has 2 atom stereocenters. The summed E-state index contributed by atoms with van der Waals surface area (Å²) in [5.74, 6) is 3.38. The fraction of sp³-hybridized carbons (Fsp3) is 0.571. The Bertz CT molecular complexity index is 433. The highest BCUT2D eigenvalue weighted by atomic mass is 32.2. The lowest BCUT2D eigenvalue weighted by Crippen LogP contribution is -2.30. The Kier molecular flexibility index (Phi) is 6.13. The lowest BCUT2D eigenvalue weighted by Gasteiger charge is -2.23. The van der Waals surface area contributed by atoms with E-state index in [0.29, 0.717) is 5.25 Å². The summed E-state index contributed by atoms with van der Waals surface area (Å²) in [5.41, 5.74) is 0.956. The van der Waals surface area contributed by atoms with Crippen molar-refractivity contribution < 1.29 is 17.9 Å². The number of rotatable bonds is 5. The topological polar surface area (TPSA) is 21.3 Å². The first kappa shape index (κ1) is 16.8. The molecule has 2 nitrogen and oxygen atoms in total. The lowest BCUT2D eigenvalue weighted by atomic mass is 10.1. The standard InChI is InChI=1S/C14H18F3NOS2/c1-10(18-8-13-9-20-6-7-21-13)11-2-4-12(5-3-11)19-14(15,16)17/h2-5,10,13,18H,6-9H2,1H3. The van der Waals surface area contributed by atoms with E-state index in [1.807, 2.05) is 30.4 Å². The van der Waals surface area contributed by atoms with Gasteiger partial charge >= 0.3 is 6.36 Å². The minimum absolute atomic E-state index is 0.109. The molecule has 1 aliphatic rings. The maximum Gasteiger partial charge on any atom is 0.573 e. The van der Waals surface area contributed by atoms with Gasteiger partial charge in [-0.15, -0.1) is 13.2 Å². The van der Waals surface area contributed by atoms with E-state index in [1.54, 1.807) is 12.1 Å². The average molecular weight is 337 g/mol. The summed E-state index contributed by atoms with van der Waals surface area (Å²) < 4.78 is 40.1. The van der Waals surface area contributed by atoms with Gasteiger partial charge in [-0.05, 0) is 24.6 Å². The Balaban J connectivity index is 1.83. The van der Waals surface area contributed by atoms with E-state index in [-0.39, 0.29) is 11.8 Å². The number of ether oxygens (including phenoxy) is 1. The van der Waals surface area contributed by atoms with Crippen LogP contribution in [0.25, 0.3) is 0 Å². The van der Waals surface area contributed by atoms with Gasteiger partial charge in [0.15, 0.2) is 0 Å². The van der Waals surface area contributed by atoms with E-state index in [0.717, 1.165) is 17.9 Å². The van der Waals surface area contributed by atoms with Gasteiger partial charge in [0.05, 0.1) is 0 Å². The second-order valence-corrected chi connectivity index (χ2v) is 7.37. The van der Waals surface area contributed by atoms with Crippen molar-refractivity contribution in [3.8, 4) is 5.75 Å². The third-order valence-electron chi connectivity index (χ3n) is 3.15. The molecule has 0 aromatic heterocycles. The molecule has 1 aromatic rings. The Morgan fingerprint density at radius 1 is 1.29 bits per heavy atom. The molecule has 0 saturated carbocycles. The van der Waals surface area contributed by atoms with E-state index in [9.17, 15) is 13.2 Å². The van der Waals surface area contributed by atoms with Gasteiger partial charge in [-0.1, -0.05) is 12.1 Å². The van der Waals surface area contributed by atoms with Gasteiger partial charge < -0.3 is 10.1 Å². The van der Waals surface area contributed by atoms with Crippen LogP contribution in [0, 0.1) is 0 Å². The monoisotopic (exact) mass is 337 g/mol.